The van der Waals surface area contributed by atoms with E-state index < -0.39 is 5.91 Å². The van der Waals surface area contributed by atoms with Crippen LogP contribution in [0.5, 0.6) is 0 Å². The molecule has 5 nitrogen and oxygen atoms in total. The Kier molecular flexibility index (Phi) is 6.58. The number of amides is 2. The van der Waals surface area contributed by atoms with Crippen LogP contribution >= 0.6 is 11.3 Å². The lowest BCUT2D eigenvalue weighted by atomic mass is 9.93. The van der Waals surface area contributed by atoms with Gasteiger partial charge in [-0.2, -0.15) is 0 Å². The molecule has 1 fully saturated rings. The first kappa shape index (κ1) is 19.5. The van der Waals surface area contributed by atoms with E-state index in [0.29, 0.717) is 23.2 Å². The smallest absolute Gasteiger partial charge is 0.251 e. The second kappa shape index (κ2) is 9.10. The number of primary amides is 1. The van der Waals surface area contributed by atoms with Gasteiger partial charge in [-0.1, -0.05) is 31.4 Å². The number of benzene rings is 1. The lowest BCUT2D eigenvalue weighted by Crippen LogP contribution is -2.41. The van der Waals surface area contributed by atoms with Crippen molar-refractivity contribution in [2.75, 3.05) is 11.9 Å². The van der Waals surface area contributed by atoms with Crippen molar-refractivity contribution in [1.29, 1.82) is 0 Å². The number of hydrogen-bond acceptors (Lipinski definition) is 4. The summed E-state index contributed by atoms with van der Waals surface area (Å²) in [4.78, 5) is 26.2. The Labute approximate surface area is 162 Å². The summed E-state index contributed by atoms with van der Waals surface area (Å²) < 4.78 is 13.2. The van der Waals surface area contributed by atoms with E-state index >= 15 is 0 Å². The lowest BCUT2D eigenvalue weighted by Gasteiger charge is -2.34. The molecule has 0 bridgehead atoms. The van der Waals surface area contributed by atoms with Crippen LogP contribution in [0.1, 0.15) is 48.0 Å². The van der Waals surface area contributed by atoms with Crippen LogP contribution in [0.25, 0.3) is 0 Å². The van der Waals surface area contributed by atoms with Crippen LogP contribution in [0, 0.1) is 5.82 Å². The molecule has 2 aromatic rings. The summed E-state index contributed by atoms with van der Waals surface area (Å²) in [6.45, 7) is 0.809. The van der Waals surface area contributed by atoms with E-state index in [2.05, 4.69) is 10.2 Å². The molecule has 1 heterocycles. The minimum Gasteiger partial charge on any atom is -0.366 e. The van der Waals surface area contributed by atoms with E-state index in [1.54, 1.807) is 23.6 Å². The van der Waals surface area contributed by atoms with Crippen molar-refractivity contribution in [3.63, 3.8) is 0 Å². The van der Waals surface area contributed by atoms with Crippen molar-refractivity contribution in [2.24, 2.45) is 5.73 Å². The van der Waals surface area contributed by atoms with Gasteiger partial charge < -0.3 is 11.1 Å². The predicted octanol–water partition coefficient (Wildman–Crippen LogP) is 3.76. The number of nitrogens with zero attached hydrogens (tertiary/aromatic N) is 1. The average molecular weight is 389 g/mol. The zero-order valence-corrected chi connectivity index (χ0v) is 15.9. The highest BCUT2D eigenvalue weighted by Gasteiger charge is 2.24. The van der Waals surface area contributed by atoms with Gasteiger partial charge in [0.15, 0.2) is 0 Å². The zero-order valence-electron chi connectivity index (χ0n) is 15.1. The Hall–Kier alpha value is -2.25. The second-order valence-corrected chi connectivity index (χ2v) is 7.82. The van der Waals surface area contributed by atoms with Gasteiger partial charge in [0.25, 0.3) is 5.91 Å². The van der Waals surface area contributed by atoms with Crippen LogP contribution in [0.15, 0.2) is 35.7 Å². The van der Waals surface area contributed by atoms with E-state index in [1.165, 1.54) is 29.9 Å². The average Bonchev–Trinajstić information content (AvgIpc) is 3.12. The highest BCUT2D eigenvalue weighted by Crippen LogP contribution is 2.25. The molecule has 1 aromatic carbocycles. The van der Waals surface area contributed by atoms with E-state index in [-0.39, 0.29) is 18.3 Å². The molecule has 27 heavy (non-hydrogen) atoms. The number of hydrogen-bond donors (Lipinski definition) is 2. The molecule has 1 aliphatic rings. The fraction of sp³-hybridized carbons (Fsp3) is 0.400. The molecule has 3 rings (SSSR count). The first-order valence-corrected chi connectivity index (χ1v) is 10.1. The first-order chi connectivity index (χ1) is 13.0. The molecule has 0 atom stereocenters. The third-order valence-electron chi connectivity index (χ3n) is 4.92. The van der Waals surface area contributed by atoms with Crippen LogP contribution in [-0.2, 0) is 11.3 Å². The van der Waals surface area contributed by atoms with Crippen molar-refractivity contribution >= 4 is 28.2 Å². The van der Waals surface area contributed by atoms with Crippen molar-refractivity contribution in [3.8, 4) is 0 Å². The number of carbonyl (C=O) groups excluding carboxylic acids is 2. The largest absolute Gasteiger partial charge is 0.366 e. The Morgan fingerprint density at radius 1 is 1.15 bits per heavy atom. The number of nitrogens with two attached hydrogens (primary N) is 1. The van der Waals surface area contributed by atoms with Crippen LogP contribution in [0.2, 0.25) is 0 Å². The standard InChI is InChI=1S/C20H24FN3O2S/c21-15-8-6-14(7-9-15)12-24(16-4-2-1-3-5-16)13-18(25)23-20-17(19(22)26)10-11-27-20/h6-11,16H,1-5,12-13H2,(H2,22,26)(H,23,25). The van der Waals surface area contributed by atoms with Gasteiger partial charge in [-0.15, -0.1) is 11.3 Å². The second-order valence-electron chi connectivity index (χ2n) is 6.90. The molecule has 144 valence electrons. The molecule has 0 radical (unpaired) electrons. The van der Waals surface area contributed by atoms with Gasteiger partial charge in [-0.3, -0.25) is 14.5 Å². The molecule has 0 unspecified atom stereocenters. The van der Waals surface area contributed by atoms with E-state index in [1.807, 2.05) is 0 Å². The van der Waals surface area contributed by atoms with Gasteiger partial charge in [0, 0.05) is 12.6 Å². The number of rotatable bonds is 7. The molecule has 1 saturated carbocycles. The molecule has 0 aliphatic heterocycles. The van der Waals surface area contributed by atoms with Gasteiger partial charge >= 0.3 is 0 Å². The predicted molar refractivity (Wildman–Crippen MR) is 105 cm³/mol. The van der Waals surface area contributed by atoms with E-state index in [9.17, 15) is 14.0 Å². The van der Waals surface area contributed by atoms with Gasteiger partial charge in [0.2, 0.25) is 5.91 Å². The summed E-state index contributed by atoms with van der Waals surface area (Å²) in [5.41, 5.74) is 6.65. The normalized spacial score (nSPS) is 15.0. The zero-order chi connectivity index (χ0) is 19.2. The summed E-state index contributed by atoms with van der Waals surface area (Å²) in [6.07, 6.45) is 5.65. The molecule has 1 aliphatic carbocycles. The maximum atomic E-state index is 13.2. The van der Waals surface area contributed by atoms with Gasteiger partial charge in [0.05, 0.1) is 12.1 Å². The number of nitrogens with one attached hydrogen (secondary N) is 1. The van der Waals surface area contributed by atoms with Crippen molar-refractivity contribution < 1.29 is 14.0 Å². The SMILES string of the molecule is NC(=O)c1ccsc1NC(=O)CN(Cc1ccc(F)cc1)C1CCCCC1. The number of thiophene rings is 1. The maximum absolute atomic E-state index is 13.2. The van der Waals surface area contributed by atoms with Gasteiger partial charge in [-0.25, -0.2) is 4.39 Å². The summed E-state index contributed by atoms with van der Waals surface area (Å²) >= 11 is 1.28. The Morgan fingerprint density at radius 3 is 2.52 bits per heavy atom. The minimum atomic E-state index is -0.554. The van der Waals surface area contributed by atoms with Crippen LogP contribution in [-0.4, -0.2) is 29.3 Å². The van der Waals surface area contributed by atoms with Gasteiger partial charge in [0.1, 0.15) is 10.8 Å². The van der Waals surface area contributed by atoms with E-state index in [4.69, 9.17) is 5.73 Å². The Bertz CT molecular complexity index is 785. The summed E-state index contributed by atoms with van der Waals surface area (Å²) in [5, 5.41) is 5.03. The van der Waals surface area contributed by atoms with Gasteiger partial charge in [-0.05, 0) is 42.0 Å². The molecule has 7 heteroatoms. The van der Waals surface area contributed by atoms with Crippen LogP contribution in [0.3, 0.4) is 0 Å². The van der Waals surface area contributed by atoms with Crippen LogP contribution < -0.4 is 11.1 Å². The third kappa shape index (κ3) is 5.37. The van der Waals surface area contributed by atoms with Crippen molar-refractivity contribution in [3.05, 3.63) is 52.7 Å². The quantitative estimate of drug-likeness (QED) is 0.757. The highest BCUT2D eigenvalue weighted by molar-refractivity contribution is 7.14. The fourth-order valence-corrected chi connectivity index (χ4v) is 4.34. The number of halogens is 1. The minimum absolute atomic E-state index is 0.173. The monoisotopic (exact) mass is 389 g/mol. The van der Waals surface area contributed by atoms with E-state index in [0.717, 1.165) is 31.2 Å². The number of carbonyl (C=O) groups is 2. The first-order valence-electron chi connectivity index (χ1n) is 9.18. The fourth-order valence-electron chi connectivity index (χ4n) is 3.54. The summed E-state index contributed by atoms with van der Waals surface area (Å²) in [5.74, 6) is -0.994. The van der Waals surface area contributed by atoms with Crippen LogP contribution in [0.4, 0.5) is 9.39 Å². The van der Waals surface area contributed by atoms with Crippen molar-refractivity contribution in [2.45, 2.75) is 44.7 Å². The third-order valence-corrected chi connectivity index (χ3v) is 5.75. The maximum Gasteiger partial charge on any atom is 0.251 e. The Balaban J connectivity index is 1.69. The summed E-state index contributed by atoms with van der Waals surface area (Å²) in [6, 6.07) is 8.34. The lowest BCUT2D eigenvalue weighted by molar-refractivity contribution is -0.118. The highest BCUT2D eigenvalue weighted by atomic mass is 32.1. The molecule has 0 spiro atoms. The van der Waals surface area contributed by atoms with Crippen molar-refractivity contribution in [1.82, 2.24) is 4.90 Å². The molecular formula is C20H24FN3O2S. The molecule has 3 N–H and O–H groups in total. The number of anilines is 1. The molecule has 2 amide bonds. The molecule has 1 aromatic heterocycles. The summed E-state index contributed by atoms with van der Waals surface area (Å²) in [7, 11) is 0. The molecule has 0 saturated heterocycles. The topological polar surface area (TPSA) is 75.4 Å². The Morgan fingerprint density at radius 2 is 1.85 bits per heavy atom. The molecular weight excluding hydrogens is 365 g/mol.